The van der Waals surface area contributed by atoms with Crippen molar-refractivity contribution in [3.05, 3.63) is 34.9 Å². The molecular weight excluding hydrogens is 256 g/mol. The number of hydrogen-bond donors (Lipinski definition) is 1. The predicted molar refractivity (Wildman–Crippen MR) is 84.8 cm³/mol. The van der Waals surface area contributed by atoms with Gasteiger partial charge >= 0.3 is 0 Å². The van der Waals surface area contributed by atoms with Crippen molar-refractivity contribution in [3.63, 3.8) is 0 Å². The van der Waals surface area contributed by atoms with Gasteiger partial charge in [0.15, 0.2) is 0 Å². The number of benzene rings is 1. The van der Waals surface area contributed by atoms with Gasteiger partial charge in [0.25, 0.3) is 0 Å². The molecule has 108 valence electrons. The summed E-state index contributed by atoms with van der Waals surface area (Å²) in [6, 6.07) is 8.61. The largest absolute Gasteiger partial charge is 0.310 e. The van der Waals surface area contributed by atoms with Crippen LogP contribution in [-0.2, 0) is 6.54 Å². The number of hydrogen-bond acceptors (Lipinski definition) is 2. The van der Waals surface area contributed by atoms with Crippen LogP contribution in [0.1, 0.15) is 39.2 Å². The molecule has 0 aliphatic heterocycles. The number of rotatable bonds is 9. The first kappa shape index (κ1) is 16.5. The summed E-state index contributed by atoms with van der Waals surface area (Å²) in [7, 11) is 0. The van der Waals surface area contributed by atoms with Crippen molar-refractivity contribution in [3.8, 4) is 0 Å². The molecule has 0 amide bonds. The Hall–Kier alpha value is -0.570. The summed E-state index contributed by atoms with van der Waals surface area (Å²) in [5, 5.41) is 4.37. The van der Waals surface area contributed by atoms with Crippen LogP contribution in [0.15, 0.2) is 24.3 Å². The third-order valence-electron chi connectivity index (χ3n) is 3.55. The monoisotopic (exact) mass is 282 g/mol. The molecule has 0 heterocycles. The van der Waals surface area contributed by atoms with Crippen molar-refractivity contribution in [2.75, 3.05) is 19.6 Å². The molecule has 0 saturated carbocycles. The van der Waals surface area contributed by atoms with Gasteiger partial charge in [-0.15, -0.1) is 0 Å². The van der Waals surface area contributed by atoms with Crippen LogP contribution in [0.3, 0.4) is 0 Å². The lowest BCUT2D eigenvalue weighted by Gasteiger charge is -2.19. The van der Waals surface area contributed by atoms with E-state index in [1.807, 2.05) is 18.2 Å². The lowest BCUT2D eigenvalue weighted by atomic mass is 10.1. The Labute approximate surface area is 123 Å². The van der Waals surface area contributed by atoms with Crippen molar-refractivity contribution in [1.29, 1.82) is 0 Å². The zero-order valence-electron chi connectivity index (χ0n) is 12.5. The van der Waals surface area contributed by atoms with Gasteiger partial charge in [0.1, 0.15) is 0 Å². The van der Waals surface area contributed by atoms with Crippen LogP contribution in [0, 0.1) is 0 Å². The molecule has 1 N–H and O–H groups in total. The minimum Gasteiger partial charge on any atom is -0.310 e. The topological polar surface area (TPSA) is 15.3 Å². The normalized spacial score (nSPS) is 12.9. The van der Waals surface area contributed by atoms with E-state index in [-0.39, 0.29) is 0 Å². The quantitative estimate of drug-likeness (QED) is 0.738. The maximum absolute atomic E-state index is 5.98. The molecule has 0 aliphatic rings. The van der Waals surface area contributed by atoms with Gasteiger partial charge in [-0.25, -0.2) is 0 Å². The van der Waals surface area contributed by atoms with E-state index in [4.69, 9.17) is 11.6 Å². The molecule has 1 aromatic rings. The van der Waals surface area contributed by atoms with E-state index in [0.29, 0.717) is 6.04 Å². The Kier molecular flexibility index (Phi) is 8.11. The van der Waals surface area contributed by atoms with Gasteiger partial charge in [0.2, 0.25) is 0 Å². The van der Waals surface area contributed by atoms with Crippen molar-refractivity contribution in [1.82, 2.24) is 10.2 Å². The summed E-state index contributed by atoms with van der Waals surface area (Å²) in [5.41, 5.74) is 1.25. The molecule has 1 aromatic carbocycles. The fraction of sp³-hybridized carbons (Fsp3) is 0.625. The first-order chi connectivity index (χ1) is 9.15. The highest BCUT2D eigenvalue weighted by Crippen LogP contribution is 2.10. The molecule has 0 spiro atoms. The molecule has 0 fully saturated rings. The summed E-state index contributed by atoms with van der Waals surface area (Å²) in [4.78, 5) is 2.48. The molecule has 0 bridgehead atoms. The fourth-order valence-corrected chi connectivity index (χ4v) is 2.41. The third-order valence-corrected chi connectivity index (χ3v) is 3.78. The summed E-state index contributed by atoms with van der Waals surface area (Å²) >= 11 is 5.98. The Morgan fingerprint density at radius 2 is 2.00 bits per heavy atom. The van der Waals surface area contributed by atoms with Crippen molar-refractivity contribution < 1.29 is 0 Å². The average Bonchev–Trinajstić information content (AvgIpc) is 2.41. The zero-order valence-corrected chi connectivity index (χ0v) is 13.2. The molecule has 0 aliphatic carbocycles. The van der Waals surface area contributed by atoms with E-state index in [9.17, 15) is 0 Å². The number of nitrogens with zero attached hydrogens (tertiary/aromatic N) is 1. The van der Waals surface area contributed by atoms with Gasteiger partial charge in [0, 0.05) is 17.6 Å². The summed E-state index contributed by atoms with van der Waals surface area (Å²) < 4.78 is 0. The molecule has 2 nitrogen and oxygen atoms in total. The number of halogens is 1. The van der Waals surface area contributed by atoms with E-state index in [2.05, 4.69) is 37.1 Å². The van der Waals surface area contributed by atoms with E-state index in [0.717, 1.165) is 24.7 Å². The lowest BCUT2D eigenvalue weighted by Crippen LogP contribution is -2.28. The Morgan fingerprint density at radius 3 is 2.63 bits per heavy atom. The van der Waals surface area contributed by atoms with Crippen LogP contribution in [0.25, 0.3) is 0 Å². The standard InChI is InChI=1S/C16H27ClN2/c1-4-19(5-2)11-7-8-14(3)18-13-15-9-6-10-16(17)12-15/h6,9-10,12,14,18H,4-5,7-8,11,13H2,1-3H3. The van der Waals surface area contributed by atoms with Crippen LogP contribution in [-0.4, -0.2) is 30.6 Å². The van der Waals surface area contributed by atoms with E-state index in [1.54, 1.807) is 0 Å². The van der Waals surface area contributed by atoms with Gasteiger partial charge in [-0.2, -0.15) is 0 Å². The molecule has 0 radical (unpaired) electrons. The van der Waals surface area contributed by atoms with Gasteiger partial charge in [-0.3, -0.25) is 0 Å². The highest BCUT2D eigenvalue weighted by atomic mass is 35.5. The van der Waals surface area contributed by atoms with Crippen molar-refractivity contribution >= 4 is 11.6 Å². The van der Waals surface area contributed by atoms with Crippen molar-refractivity contribution in [2.24, 2.45) is 0 Å². The molecular formula is C16H27ClN2. The highest BCUT2D eigenvalue weighted by molar-refractivity contribution is 6.30. The molecule has 0 saturated heterocycles. The van der Waals surface area contributed by atoms with Crippen LogP contribution < -0.4 is 5.32 Å². The molecule has 1 atom stereocenters. The minimum absolute atomic E-state index is 0.551. The Bertz CT molecular complexity index is 350. The van der Waals surface area contributed by atoms with Crippen LogP contribution in [0.2, 0.25) is 5.02 Å². The van der Waals surface area contributed by atoms with E-state index < -0.39 is 0 Å². The highest BCUT2D eigenvalue weighted by Gasteiger charge is 2.04. The number of nitrogens with one attached hydrogen (secondary N) is 1. The maximum atomic E-state index is 5.98. The summed E-state index contributed by atoms with van der Waals surface area (Å²) in [6.07, 6.45) is 2.47. The second-order valence-corrected chi connectivity index (χ2v) is 5.52. The average molecular weight is 283 g/mol. The molecule has 1 rings (SSSR count). The Morgan fingerprint density at radius 1 is 1.26 bits per heavy atom. The maximum Gasteiger partial charge on any atom is 0.0409 e. The molecule has 3 heteroatoms. The first-order valence-electron chi connectivity index (χ1n) is 7.35. The molecule has 19 heavy (non-hydrogen) atoms. The summed E-state index contributed by atoms with van der Waals surface area (Å²) in [5.74, 6) is 0. The second kappa shape index (κ2) is 9.35. The minimum atomic E-state index is 0.551. The third kappa shape index (κ3) is 6.95. The first-order valence-corrected chi connectivity index (χ1v) is 7.73. The van der Waals surface area contributed by atoms with Crippen LogP contribution >= 0.6 is 11.6 Å². The van der Waals surface area contributed by atoms with Crippen LogP contribution in [0.5, 0.6) is 0 Å². The summed E-state index contributed by atoms with van der Waals surface area (Å²) in [6.45, 7) is 11.1. The smallest absolute Gasteiger partial charge is 0.0409 e. The van der Waals surface area contributed by atoms with Gasteiger partial charge < -0.3 is 10.2 Å². The lowest BCUT2D eigenvalue weighted by molar-refractivity contribution is 0.290. The van der Waals surface area contributed by atoms with Crippen LogP contribution in [0.4, 0.5) is 0 Å². The predicted octanol–water partition coefficient (Wildman–Crippen LogP) is 3.94. The van der Waals surface area contributed by atoms with E-state index >= 15 is 0 Å². The Balaban J connectivity index is 2.19. The van der Waals surface area contributed by atoms with Crippen molar-refractivity contribution in [2.45, 2.75) is 46.2 Å². The van der Waals surface area contributed by atoms with E-state index in [1.165, 1.54) is 24.9 Å². The molecule has 1 unspecified atom stereocenters. The zero-order chi connectivity index (χ0) is 14.1. The molecule has 0 aromatic heterocycles. The fourth-order valence-electron chi connectivity index (χ4n) is 2.20. The van der Waals surface area contributed by atoms with Gasteiger partial charge in [-0.1, -0.05) is 37.6 Å². The second-order valence-electron chi connectivity index (χ2n) is 5.08. The van der Waals surface area contributed by atoms with Gasteiger partial charge in [-0.05, 0) is 57.1 Å². The van der Waals surface area contributed by atoms with Gasteiger partial charge in [0.05, 0.1) is 0 Å². The SMILES string of the molecule is CCN(CC)CCCC(C)NCc1cccc(Cl)c1.